The second-order valence-corrected chi connectivity index (χ2v) is 6.92. The molecule has 28 heavy (non-hydrogen) atoms. The van der Waals surface area contributed by atoms with E-state index in [2.05, 4.69) is 20.2 Å². The molecular weight excluding hydrogens is 371 g/mol. The molecule has 0 saturated heterocycles. The van der Waals surface area contributed by atoms with E-state index in [-0.39, 0.29) is 12.4 Å². The Bertz CT molecular complexity index is 1120. The third kappa shape index (κ3) is 2.87. The topological polar surface area (TPSA) is 72.5 Å². The molecule has 6 nitrogen and oxygen atoms in total. The Morgan fingerprint density at radius 2 is 1.96 bits per heavy atom. The molecule has 1 aliphatic carbocycles. The van der Waals surface area contributed by atoms with Crippen LogP contribution < -0.4 is 0 Å². The van der Waals surface area contributed by atoms with Crippen molar-refractivity contribution < 1.29 is 17.7 Å². The van der Waals surface area contributed by atoms with E-state index in [1.807, 2.05) is 30.3 Å². The number of benzene rings is 1. The third-order valence-electron chi connectivity index (χ3n) is 5.05. The number of nitrogens with one attached hydrogen (secondary N) is 1. The number of fused-ring (bicyclic) bond motifs is 2. The van der Waals surface area contributed by atoms with Crippen molar-refractivity contribution in [2.75, 3.05) is 0 Å². The largest absolute Gasteiger partial charge is 0.435 e. The van der Waals surface area contributed by atoms with Crippen LogP contribution in [0.4, 0.5) is 13.2 Å². The van der Waals surface area contributed by atoms with E-state index in [0.717, 1.165) is 23.7 Å². The predicted octanol–water partition coefficient (Wildman–Crippen LogP) is 4.36. The number of hydrogen-bond acceptors (Lipinski definition) is 4. The number of nitrogens with zero attached hydrogens (tertiary/aromatic N) is 4. The fraction of sp³-hybridized carbons (Fsp3) is 0.316. The summed E-state index contributed by atoms with van der Waals surface area (Å²) in [6.07, 6.45) is -1.90. The zero-order chi connectivity index (χ0) is 19.3. The van der Waals surface area contributed by atoms with Crippen LogP contribution in [0.1, 0.15) is 35.7 Å². The van der Waals surface area contributed by atoms with Crippen LogP contribution in [-0.2, 0) is 25.6 Å². The summed E-state index contributed by atoms with van der Waals surface area (Å²) in [5, 5.41) is 8.81. The van der Waals surface area contributed by atoms with Crippen molar-refractivity contribution >= 4 is 10.9 Å². The molecule has 0 radical (unpaired) electrons. The molecule has 1 aromatic carbocycles. The fourth-order valence-electron chi connectivity index (χ4n) is 3.78. The van der Waals surface area contributed by atoms with Crippen LogP contribution in [0, 0.1) is 0 Å². The minimum atomic E-state index is -4.46. The number of H-pyrrole nitrogens is 1. The quantitative estimate of drug-likeness (QED) is 0.567. The Labute approximate surface area is 157 Å². The van der Waals surface area contributed by atoms with Crippen molar-refractivity contribution in [1.82, 2.24) is 24.9 Å². The Kier molecular flexibility index (Phi) is 3.78. The Morgan fingerprint density at radius 1 is 1.14 bits per heavy atom. The summed E-state index contributed by atoms with van der Waals surface area (Å²) in [5.74, 6) is 0.585. The van der Waals surface area contributed by atoms with Gasteiger partial charge in [0, 0.05) is 22.2 Å². The number of aromatic nitrogens is 5. The van der Waals surface area contributed by atoms with Crippen LogP contribution in [0.2, 0.25) is 0 Å². The number of alkyl halides is 3. The summed E-state index contributed by atoms with van der Waals surface area (Å²) < 4.78 is 46.6. The van der Waals surface area contributed by atoms with E-state index in [1.165, 1.54) is 4.68 Å². The lowest BCUT2D eigenvalue weighted by atomic mass is 9.95. The van der Waals surface area contributed by atoms with Crippen molar-refractivity contribution in [1.29, 1.82) is 0 Å². The number of rotatable bonds is 3. The van der Waals surface area contributed by atoms with Gasteiger partial charge in [-0.2, -0.15) is 23.3 Å². The number of aromatic amines is 1. The first kappa shape index (κ1) is 17.0. The van der Waals surface area contributed by atoms with Crippen molar-refractivity contribution in [3.8, 4) is 11.5 Å². The molecule has 3 heterocycles. The monoisotopic (exact) mass is 387 g/mol. The molecule has 0 atom stereocenters. The fourth-order valence-corrected chi connectivity index (χ4v) is 3.78. The first-order valence-electron chi connectivity index (χ1n) is 9.05. The first-order chi connectivity index (χ1) is 13.5. The first-order valence-corrected chi connectivity index (χ1v) is 9.05. The summed E-state index contributed by atoms with van der Waals surface area (Å²) in [7, 11) is 0. The van der Waals surface area contributed by atoms with Gasteiger partial charge in [-0.15, -0.1) is 0 Å². The summed E-state index contributed by atoms with van der Waals surface area (Å²) in [5.41, 5.74) is 1.75. The third-order valence-corrected chi connectivity index (χ3v) is 5.05. The molecular formula is C19H16F3N5O. The average Bonchev–Trinajstić information content (AvgIpc) is 3.38. The van der Waals surface area contributed by atoms with Gasteiger partial charge in [0.1, 0.15) is 6.54 Å². The van der Waals surface area contributed by atoms with Gasteiger partial charge in [0.25, 0.3) is 0 Å². The molecule has 5 rings (SSSR count). The van der Waals surface area contributed by atoms with E-state index in [9.17, 15) is 13.2 Å². The van der Waals surface area contributed by atoms with Crippen LogP contribution in [0.5, 0.6) is 0 Å². The minimum absolute atomic E-state index is 0.0195. The van der Waals surface area contributed by atoms with E-state index < -0.39 is 11.9 Å². The lowest BCUT2D eigenvalue weighted by Crippen LogP contribution is -2.11. The number of hydrogen-bond donors (Lipinski definition) is 1. The highest BCUT2D eigenvalue weighted by atomic mass is 19.4. The van der Waals surface area contributed by atoms with Crippen molar-refractivity contribution in [3.63, 3.8) is 0 Å². The highest BCUT2D eigenvalue weighted by Gasteiger charge is 2.39. The zero-order valence-electron chi connectivity index (χ0n) is 14.8. The van der Waals surface area contributed by atoms with Crippen LogP contribution in [0.25, 0.3) is 22.4 Å². The molecule has 0 unspecified atom stereocenters. The van der Waals surface area contributed by atoms with Crippen molar-refractivity contribution in [3.05, 3.63) is 53.2 Å². The van der Waals surface area contributed by atoms with Gasteiger partial charge in [0.2, 0.25) is 11.7 Å². The summed E-state index contributed by atoms with van der Waals surface area (Å²) in [6, 6.07) is 9.66. The minimum Gasteiger partial charge on any atom is -0.352 e. The van der Waals surface area contributed by atoms with Gasteiger partial charge in [-0.25, -0.2) is 0 Å². The molecule has 0 amide bonds. The van der Waals surface area contributed by atoms with Crippen molar-refractivity contribution in [2.45, 2.75) is 38.4 Å². The molecule has 0 saturated carbocycles. The maximum atomic E-state index is 13.3. The van der Waals surface area contributed by atoms with E-state index in [4.69, 9.17) is 4.52 Å². The summed E-state index contributed by atoms with van der Waals surface area (Å²) >= 11 is 0. The summed E-state index contributed by atoms with van der Waals surface area (Å²) in [4.78, 5) is 7.55. The highest BCUT2D eigenvalue weighted by Crippen LogP contribution is 2.36. The van der Waals surface area contributed by atoms with E-state index in [0.29, 0.717) is 35.6 Å². The summed E-state index contributed by atoms with van der Waals surface area (Å²) in [6.45, 7) is 0.0195. The standard InChI is InChI=1S/C19H16F3N5O/c20-19(21,22)17-12-6-2-4-8-15(12)27(25-17)10-16-24-18(26-28-16)14-9-11-5-1-3-7-13(11)23-14/h1,3,5,7,9,23H,2,4,6,8,10H2. The van der Waals surface area contributed by atoms with Crippen LogP contribution in [-0.4, -0.2) is 24.9 Å². The van der Waals surface area contributed by atoms with Gasteiger partial charge in [-0.1, -0.05) is 23.4 Å². The van der Waals surface area contributed by atoms with Gasteiger partial charge in [0.15, 0.2) is 5.69 Å². The van der Waals surface area contributed by atoms with Crippen LogP contribution >= 0.6 is 0 Å². The molecule has 0 bridgehead atoms. The molecule has 9 heteroatoms. The zero-order valence-corrected chi connectivity index (χ0v) is 14.8. The predicted molar refractivity (Wildman–Crippen MR) is 94.6 cm³/mol. The molecule has 0 fully saturated rings. The second-order valence-electron chi connectivity index (χ2n) is 6.92. The van der Waals surface area contributed by atoms with Crippen molar-refractivity contribution in [2.24, 2.45) is 0 Å². The van der Waals surface area contributed by atoms with Gasteiger partial charge in [0.05, 0.1) is 5.69 Å². The molecule has 1 N–H and O–H groups in total. The number of para-hydroxylation sites is 1. The van der Waals surface area contributed by atoms with Gasteiger partial charge < -0.3 is 9.51 Å². The Morgan fingerprint density at radius 3 is 2.79 bits per heavy atom. The molecule has 144 valence electrons. The highest BCUT2D eigenvalue weighted by molar-refractivity contribution is 5.84. The Hall–Kier alpha value is -3.10. The lowest BCUT2D eigenvalue weighted by Gasteiger charge is -2.14. The molecule has 3 aromatic heterocycles. The smallest absolute Gasteiger partial charge is 0.352 e. The average molecular weight is 387 g/mol. The van der Waals surface area contributed by atoms with Crippen LogP contribution in [0.3, 0.4) is 0 Å². The van der Waals surface area contributed by atoms with Crippen LogP contribution in [0.15, 0.2) is 34.9 Å². The number of halogens is 3. The molecule has 4 aromatic rings. The SMILES string of the molecule is FC(F)(F)c1nn(Cc2nc(-c3cc4ccccc4[nH]3)no2)c2c1CCCC2. The normalized spacial score (nSPS) is 14.5. The van der Waals surface area contributed by atoms with Gasteiger partial charge >= 0.3 is 6.18 Å². The Balaban J connectivity index is 1.47. The second kappa shape index (κ2) is 6.22. The van der Waals surface area contributed by atoms with E-state index >= 15 is 0 Å². The van der Waals surface area contributed by atoms with Gasteiger partial charge in [-0.3, -0.25) is 4.68 Å². The molecule has 1 aliphatic rings. The molecule has 0 aliphatic heterocycles. The maximum Gasteiger partial charge on any atom is 0.435 e. The maximum absolute atomic E-state index is 13.3. The lowest BCUT2D eigenvalue weighted by molar-refractivity contribution is -0.142. The molecule has 0 spiro atoms. The van der Waals surface area contributed by atoms with Gasteiger partial charge in [-0.05, 0) is 37.8 Å². The van der Waals surface area contributed by atoms with E-state index in [1.54, 1.807) is 0 Å².